The fourth-order valence-electron chi connectivity index (χ4n) is 3.57. The van der Waals surface area contributed by atoms with Crippen molar-refractivity contribution in [3.05, 3.63) is 109 Å². The van der Waals surface area contributed by atoms with E-state index in [9.17, 15) is 14.0 Å². The van der Waals surface area contributed by atoms with E-state index in [0.29, 0.717) is 28.6 Å². The van der Waals surface area contributed by atoms with Crippen LogP contribution in [-0.4, -0.2) is 32.3 Å². The quantitative estimate of drug-likeness (QED) is 0.238. The van der Waals surface area contributed by atoms with Crippen molar-refractivity contribution in [1.82, 2.24) is 5.32 Å². The molecule has 4 amide bonds. The predicted octanol–water partition coefficient (Wildman–Crippen LogP) is 6.49. The number of urea groups is 2. The second kappa shape index (κ2) is 12.8. The van der Waals surface area contributed by atoms with Crippen LogP contribution in [0.15, 0.2) is 103 Å². The van der Waals surface area contributed by atoms with Crippen LogP contribution in [0.2, 0.25) is 0 Å². The van der Waals surface area contributed by atoms with Gasteiger partial charge in [-0.3, -0.25) is 4.90 Å². The molecule has 8 nitrogen and oxygen atoms in total. The van der Waals surface area contributed by atoms with Crippen molar-refractivity contribution >= 4 is 29.1 Å². The number of carbonyl (C=O) groups is 2. The number of halogens is 1. The number of para-hydroxylation sites is 2. The molecule has 4 aromatic carbocycles. The SMILES string of the molecule is COc1cccc(NC(=O)NCCN(C(=O)Nc2ccccc2F)c2ccc(Oc3ccccc3)cc2)c1. The van der Waals surface area contributed by atoms with Crippen molar-refractivity contribution in [2.75, 3.05) is 35.7 Å². The van der Waals surface area contributed by atoms with E-state index in [1.807, 2.05) is 30.3 Å². The molecule has 0 saturated carbocycles. The van der Waals surface area contributed by atoms with Gasteiger partial charge in [0.1, 0.15) is 23.1 Å². The summed E-state index contributed by atoms with van der Waals surface area (Å²) in [5.74, 6) is 1.33. The molecule has 0 unspecified atom stereocenters. The number of carbonyl (C=O) groups excluding carboxylic acids is 2. The van der Waals surface area contributed by atoms with E-state index in [1.165, 1.54) is 17.0 Å². The highest BCUT2D eigenvalue weighted by Crippen LogP contribution is 2.25. The Kier molecular flexibility index (Phi) is 8.75. The van der Waals surface area contributed by atoms with E-state index in [1.54, 1.807) is 67.8 Å². The smallest absolute Gasteiger partial charge is 0.326 e. The maximum absolute atomic E-state index is 14.2. The van der Waals surface area contributed by atoms with Crippen LogP contribution in [-0.2, 0) is 0 Å². The Labute approximate surface area is 220 Å². The van der Waals surface area contributed by atoms with Crippen LogP contribution in [0.25, 0.3) is 0 Å². The number of amides is 4. The number of hydrogen-bond donors (Lipinski definition) is 3. The van der Waals surface area contributed by atoms with Gasteiger partial charge in [0.2, 0.25) is 0 Å². The Balaban J connectivity index is 1.43. The van der Waals surface area contributed by atoms with Gasteiger partial charge < -0.3 is 25.4 Å². The molecule has 0 spiro atoms. The van der Waals surface area contributed by atoms with Crippen LogP contribution in [0.4, 0.5) is 31.0 Å². The minimum atomic E-state index is -0.554. The lowest BCUT2D eigenvalue weighted by Gasteiger charge is -2.24. The lowest BCUT2D eigenvalue weighted by atomic mass is 10.2. The first-order valence-electron chi connectivity index (χ1n) is 11.9. The van der Waals surface area contributed by atoms with E-state index < -0.39 is 17.9 Å². The molecule has 0 aliphatic heterocycles. The van der Waals surface area contributed by atoms with E-state index in [2.05, 4.69) is 16.0 Å². The fraction of sp³-hybridized carbons (Fsp3) is 0.103. The zero-order valence-electron chi connectivity index (χ0n) is 20.7. The van der Waals surface area contributed by atoms with Gasteiger partial charge in [-0.25, -0.2) is 14.0 Å². The average Bonchev–Trinajstić information content (AvgIpc) is 2.93. The molecule has 0 aromatic heterocycles. The number of rotatable bonds is 9. The maximum atomic E-state index is 14.2. The van der Waals surface area contributed by atoms with Gasteiger partial charge in [-0.05, 0) is 60.7 Å². The number of anilines is 3. The van der Waals surface area contributed by atoms with Gasteiger partial charge in [-0.15, -0.1) is 0 Å². The van der Waals surface area contributed by atoms with E-state index in [4.69, 9.17) is 9.47 Å². The largest absolute Gasteiger partial charge is 0.497 e. The number of ether oxygens (including phenoxy) is 2. The summed E-state index contributed by atoms with van der Waals surface area (Å²) in [7, 11) is 1.54. The molecule has 0 atom stereocenters. The van der Waals surface area contributed by atoms with Gasteiger partial charge in [0.25, 0.3) is 0 Å². The van der Waals surface area contributed by atoms with Crippen molar-refractivity contribution in [1.29, 1.82) is 0 Å². The molecule has 194 valence electrons. The van der Waals surface area contributed by atoms with Gasteiger partial charge in [-0.1, -0.05) is 36.4 Å². The number of nitrogens with zero attached hydrogens (tertiary/aromatic N) is 1. The first kappa shape index (κ1) is 26.0. The summed E-state index contributed by atoms with van der Waals surface area (Å²) < 4.78 is 25.2. The maximum Gasteiger partial charge on any atom is 0.326 e. The monoisotopic (exact) mass is 514 g/mol. The second-order valence-corrected chi connectivity index (χ2v) is 8.08. The van der Waals surface area contributed by atoms with Gasteiger partial charge in [0.15, 0.2) is 0 Å². The average molecular weight is 515 g/mol. The number of methoxy groups -OCH3 is 1. The summed E-state index contributed by atoms with van der Waals surface area (Å²) in [5, 5.41) is 8.05. The Morgan fingerprint density at radius 1 is 0.789 bits per heavy atom. The van der Waals surface area contributed by atoms with Gasteiger partial charge in [0, 0.05) is 30.5 Å². The molecule has 9 heteroatoms. The zero-order chi connectivity index (χ0) is 26.7. The summed E-state index contributed by atoms with van der Waals surface area (Å²) in [6.07, 6.45) is 0. The van der Waals surface area contributed by atoms with E-state index in [-0.39, 0.29) is 18.8 Å². The summed E-state index contributed by atoms with van der Waals surface area (Å²) in [5.41, 5.74) is 1.15. The van der Waals surface area contributed by atoms with Crippen molar-refractivity contribution in [3.8, 4) is 17.2 Å². The minimum Gasteiger partial charge on any atom is -0.497 e. The van der Waals surface area contributed by atoms with Crippen LogP contribution >= 0.6 is 0 Å². The molecule has 0 bridgehead atoms. The zero-order valence-corrected chi connectivity index (χ0v) is 20.7. The standard InChI is InChI=1S/C29H27FN4O4/c1-37-25-11-7-8-21(20-25)32-28(35)31-18-19-34(29(36)33-27-13-6-5-12-26(27)30)22-14-16-24(17-15-22)38-23-9-3-2-4-10-23/h2-17,20H,18-19H2,1H3,(H,33,36)(H2,31,32,35). The third-order valence-corrected chi connectivity index (χ3v) is 5.44. The topological polar surface area (TPSA) is 91.9 Å². The molecule has 0 aliphatic rings. The molecule has 4 rings (SSSR count). The Hall–Kier alpha value is -5.05. The predicted molar refractivity (Wildman–Crippen MR) is 146 cm³/mol. The second-order valence-electron chi connectivity index (χ2n) is 8.08. The van der Waals surface area contributed by atoms with Crippen LogP contribution in [0.3, 0.4) is 0 Å². The van der Waals surface area contributed by atoms with Crippen LogP contribution in [0, 0.1) is 5.82 Å². The first-order chi connectivity index (χ1) is 18.5. The molecule has 0 aliphatic carbocycles. The van der Waals surface area contributed by atoms with Crippen molar-refractivity contribution in [2.45, 2.75) is 0 Å². The molecule has 4 aromatic rings. The van der Waals surface area contributed by atoms with E-state index in [0.717, 1.165) is 0 Å². The van der Waals surface area contributed by atoms with Crippen LogP contribution < -0.4 is 30.3 Å². The highest BCUT2D eigenvalue weighted by Gasteiger charge is 2.18. The van der Waals surface area contributed by atoms with E-state index >= 15 is 0 Å². The van der Waals surface area contributed by atoms with Crippen molar-refractivity contribution in [3.63, 3.8) is 0 Å². The molecule has 38 heavy (non-hydrogen) atoms. The Morgan fingerprint density at radius 2 is 1.47 bits per heavy atom. The molecule has 3 N–H and O–H groups in total. The molecule has 0 saturated heterocycles. The molecule has 0 radical (unpaired) electrons. The minimum absolute atomic E-state index is 0.0512. The highest BCUT2D eigenvalue weighted by molar-refractivity contribution is 6.02. The van der Waals surface area contributed by atoms with Crippen molar-refractivity contribution < 1.29 is 23.5 Å². The van der Waals surface area contributed by atoms with Crippen molar-refractivity contribution in [2.24, 2.45) is 0 Å². The summed E-state index contributed by atoms with van der Waals surface area (Å²) in [6, 6.07) is 28.1. The number of hydrogen-bond acceptors (Lipinski definition) is 4. The molecule has 0 fully saturated rings. The molecular formula is C29H27FN4O4. The van der Waals surface area contributed by atoms with Crippen LogP contribution in [0.1, 0.15) is 0 Å². The summed E-state index contributed by atoms with van der Waals surface area (Å²) in [6.45, 7) is 0.244. The van der Waals surface area contributed by atoms with Crippen LogP contribution in [0.5, 0.6) is 17.2 Å². The number of benzene rings is 4. The Bertz CT molecular complexity index is 1370. The van der Waals surface area contributed by atoms with Gasteiger partial charge >= 0.3 is 12.1 Å². The summed E-state index contributed by atoms with van der Waals surface area (Å²) >= 11 is 0. The lowest BCUT2D eigenvalue weighted by Crippen LogP contribution is -2.42. The number of nitrogens with one attached hydrogen (secondary N) is 3. The lowest BCUT2D eigenvalue weighted by molar-refractivity contribution is 0.250. The van der Waals surface area contributed by atoms with Gasteiger partial charge in [0.05, 0.1) is 12.8 Å². The van der Waals surface area contributed by atoms with Gasteiger partial charge in [-0.2, -0.15) is 0 Å². The Morgan fingerprint density at radius 3 is 2.21 bits per heavy atom. The first-order valence-corrected chi connectivity index (χ1v) is 11.9. The highest BCUT2D eigenvalue weighted by atomic mass is 19.1. The third-order valence-electron chi connectivity index (χ3n) is 5.44. The fourth-order valence-corrected chi connectivity index (χ4v) is 3.57. The molecular weight excluding hydrogens is 487 g/mol. The molecule has 0 heterocycles. The summed E-state index contributed by atoms with van der Waals surface area (Å²) in [4.78, 5) is 27.0. The normalized spacial score (nSPS) is 10.3. The third kappa shape index (κ3) is 7.23.